The van der Waals surface area contributed by atoms with Crippen LogP contribution in [0.25, 0.3) is 0 Å². The van der Waals surface area contributed by atoms with Crippen LogP contribution in [-0.4, -0.2) is 32.4 Å². The van der Waals surface area contributed by atoms with Gasteiger partial charge in [-0.15, -0.1) is 11.6 Å². The van der Waals surface area contributed by atoms with Crippen molar-refractivity contribution in [2.24, 2.45) is 0 Å². The molecule has 0 fully saturated rings. The monoisotopic (exact) mass is 316 g/mol. The molecule has 1 aromatic rings. The first-order valence-corrected chi connectivity index (χ1v) is 7.66. The summed E-state index contributed by atoms with van der Waals surface area (Å²) in [6.45, 7) is 4.42. The van der Waals surface area contributed by atoms with E-state index in [0.717, 1.165) is 24.0 Å². The van der Waals surface area contributed by atoms with E-state index in [-0.39, 0.29) is 6.10 Å². The highest BCUT2D eigenvalue weighted by molar-refractivity contribution is 6.18. The van der Waals surface area contributed by atoms with E-state index in [2.05, 4.69) is 6.92 Å². The van der Waals surface area contributed by atoms with Gasteiger partial charge >= 0.3 is 6.16 Å². The first-order chi connectivity index (χ1) is 10.1. The zero-order valence-electron chi connectivity index (χ0n) is 13.2. The zero-order valence-corrected chi connectivity index (χ0v) is 14.0. The molecule has 0 aliphatic carbocycles. The minimum absolute atomic E-state index is 0.187. The van der Waals surface area contributed by atoms with Crippen molar-refractivity contribution in [3.8, 4) is 0 Å². The topological polar surface area (TPSA) is 36.9 Å². The molecule has 0 saturated carbocycles. The van der Waals surface area contributed by atoms with Gasteiger partial charge in [-0.25, -0.2) is 0 Å². The third-order valence-corrected chi connectivity index (χ3v) is 3.60. The van der Waals surface area contributed by atoms with E-state index in [9.17, 15) is 0 Å². The van der Waals surface area contributed by atoms with E-state index >= 15 is 0 Å². The lowest BCUT2D eigenvalue weighted by atomic mass is 10.1. The van der Waals surface area contributed by atoms with Crippen molar-refractivity contribution >= 4 is 11.6 Å². The van der Waals surface area contributed by atoms with Gasteiger partial charge < -0.3 is 9.47 Å². The Labute approximate surface area is 132 Å². The minimum atomic E-state index is -1.53. The predicted octanol–water partition coefficient (Wildman–Crippen LogP) is 3.84. The van der Waals surface area contributed by atoms with E-state index in [0.29, 0.717) is 12.5 Å². The molecule has 21 heavy (non-hydrogen) atoms. The van der Waals surface area contributed by atoms with Crippen LogP contribution in [0.5, 0.6) is 0 Å². The predicted molar refractivity (Wildman–Crippen MR) is 83.2 cm³/mol. The van der Waals surface area contributed by atoms with E-state index < -0.39 is 6.16 Å². The molecule has 0 bridgehead atoms. The maximum absolute atomic E-state index is 5.92. The number of aryl methyl sites for hydroxylation is 1. The van der Waals surface area contributed by atoms with E-state index in [4.69, 9.17) is 30.5 Å². The summed E-state index contributed by atoms with van der Waals surface area (Å²) in [4.78, 5) is 0. The summed E-state index contributed by atoms with van der Waals surface area (Å²) in [5, 5.41) is 0. The minimum Gasteiger partial charge on any atom is -0.307 e. The highest BCUT2D eigenvalue weighted by atomic mass is 35.5. The second kappa shape index (κ2) is 9.38. The number of hydrogen-bond acceptors (Lipinski definition) is 4. The lowest BCUT2D eigenvalue weighted by molar-refractivity contribution is -0.498. The summed E-state index contributed by atoms with van der Waals surface area (Å²) < 4.78 is 22.1. The van der Waals surface area contributed by atoms with Crippen LogP contribution in [0.2, 0.25) is 0 Å². The Kier molecular flexibility index (Phi) is 8.22. The number of halogens is 1. The first-order valence-electron chi connectivity index (χ1n) is 7.13. The van der Waals surface area contributed by atoms with Gasteiger partial charge in [0.15, 0.2) is 0 Å². The average molecular weight is 317 g/mol. The summed E-state index contributed by atoms with van der Waals surface area (Å²) in [5.41, 5.74) is 2.19. The van der Waals surface area contributed by atoms with Crippen LogP contribution in [0, 0.1) is 6.92 Å². The molecule has 0 heterocycles. The smallest absolute Gasteiger partial charge is 0.307 e. The Morgan fingerprint density at radius 3 is 2.38 bits per heavy atom. The number of rotatable bonds is 10. The molecule has 1 rings (SSSR count). The van der Waals surface area contributed by atoms with E-state index in [1.807, 2.05) is 31.2 Å². The maximum Gasteiger partial charge on any atom is 0.412 e. The lowest BCUT2D eigenvalue weighted by Crippen LogP contribution is -2.43. The molecule has 0 aliphatic rings. The molecule has 0 aromatic heterocycles. The number of hydrogen-bond donors (Lipinski definition) is 0. The quantitative estimate of drug-likeness (QED) is 0.485. The molecule has 0 radical (unpaired) electrons. The van der Waals surface area contributed by atoms with Crippen LogP contribution in [0.15, 0.2) is 24.3 Å². The number of ether oxygens (including phenoxy) is 4. The highest BCUT2D eigenvalue weighted by Crippen LogP contribution is 2.23. The number of alkyl halides is 1. The van der Waals surface area contributed by atoms with Gasteiger partial charge in [-0.1, -0.05) is 37.6 Å². The Hall–Kier alpha value is -0.650. The van der Waals surface area contributed by atoms with Crippen molar-refractivity contribution < 1.29 is 18.9 Å². The first kappa shape index (κ1) is 18.4. The van der Waals surface area contributed by atoms with Crippen LogP contribution in [0.1, 0.15) is 30.9 Å². The molecule has 4 nitrogen and oxygen atoms in total. The van der Waals surface area contributed by atoms with Crippen molar-refractivity contribution in [3.05, 3.63) is 35.4 Å². The second-order valence-electron chi connectivity index (χ2n) is 4.81. The molecule has 5 heteroatoms. The fourth-order valence-corrected chi connectivity index (χ4v) is 2.18. The molecule has 0 saturated heterocycles. The molecule has 0 aliphatic heterocycles. The van der Waals surface area contributed by atoms with Crippen molar-refractivity contribution in [2.75, 3.05) is 20.1 Å². The SMILES string of the molecule is CCCC(CCl)OC(OC)(OC)OCc1ccccc1C. The molecule has 0 amide bonds. The fourth-order valence-electron chi connectivity index (χ4n) is 1.96. The van der Waals surface area contributed by atoms with Gasteiger partial charge in [0.25, 0.3) is 0 Å². The number of benzene rings is 1. The van der Waals surface area contributed by atoms with Crippen LogP contribution >= 0.6 is 11.6 Å². The Balaban J connectivity index is 2.73. The van der Waals surface area contributed by atoms with Crippen molar-refractivity contribution in [3.63, 3.8) is 0 Å². The highest BCUT2D eigenvalue weighted by Gasteiger charge is 2.36. The molecule has 1 unspecified atom stereocenters. The molecule has 1 aromatic carbocycles. The van der Waals surface area contributed by atoms with Gasteiger partial charge in [0.2, 0.25) is 0 Å². The van der Waals surface area contributed by atoms with Crippen molar-refractivity contribution in [2.45, 2.75) is 45.6 Å². The maximum atomic E-state index is 5.92. The largest absolute Gasteiger partial charge is 0.412 e. The van der Waals surface area contributed by atoms with Gasteiger partial charge in [0.05, 0.1) is 12.7 Å². The Morgan fingerprint density at radius 1 is 1.19 bits per heavy atom. The third kappa shape index (κ3) is 5.57. The molecular weight excluding hydrogens is 292 g/mol. The summed E-state index contributed by atoms with van der Waals surface area (Å²) in [6, 6.07) is 7.97. The summed E-state index contributed by atoms with van der Waals surface area (Å²) >= 11 is 5.92. The Morgan fingerprint density at radius 2 is 1.86 bits per heavy atom. The van der Waals surface area contributed by atoms with Crippen LogP contribution < -0.4 is 0 Å². The van der Waals surface area contributed by atoms with Gasteiger partial charge in [-0.05, 0) is 24.5 Å². The summed E-state index contributed by atoms with van der Waals surface area (Å²) in [6.07, 6.45) is 0.0509. The fraction of sp³-hybridized carbons (Fsp3) is 0.625. The van der Waals surface area contributed by atoms with Crippen molar-refractivity contribution in [1.82, 2.24) is 0 Å². The van der Waals surface area contributed by atoms with Gasteiger partial charge in [0, 0.05) is 20.1 Å². The average Bonchev–Trinajstić information content (AvgIpc) is 2.52. The molecular formula is C16H25ClO4. The normalized spacial score (nSPS) is 13.4. The zero-order chi connectivity index (χ0) is 15.7. The van der Waals surface area contributed by atoms with E-state index in [1.54, 1.807) is 0 Å². The van der Waals surface area contributed by atoms with E-state index in [1.165, 1.54) is 14.2 Å². The third-order valence-electron chi connectivity index (χ3n) is 3.26. The number of methoxy groups -OCH3 is 2. The molecule has 120 valence electrons. The second-order valence-corrected chi connectivity index (χ2v) is 5.11. The van der Waals surface area contributed by atoms with Gasteiger partial charge in [-0.2, -0.15) is 0 Å². The standard InChI is InChI=1S/C16H25ClO4/c1-5-8-15(11-17)21-16(18-3,19-4)20-12-14-10-7-6-9-13(14)2/h6-7,9-10,15H,5,8,11-12H2,1-4H3. The molecule has 1 atom stereocenters. The van der Waals surface area contributed by atoms with Crippen LogP contribution in [0.4, 0.5) is 0 Å². The van der Waals surface area contributed by atoms with Crippen LogP contribution in [0.3, 0.4) is 0 Å². The van der Waals surface area contributed by atoms with Gasteiger partial charge in [-0.3, -0.25) is 9.47 Å². The van der Waals surface area contributed by atoms with Gasteiger partial charge in [0.1, 0.15) is 0 Å². The molecule has 0 N–H and O–H groups in total. The lowest BCUT2D eigenvalue weighted by Gasteiger charge is -2.32. The van der Waals surface area contributed by atoms with Crippen molar-refractivity contribution in [1.29, 1.82) is 0 Å². The summed E-state index contributed by atoms with van der Waals surface area (Å²) in [5.74, 6) is 0.357. The Bertz CT molecular complexity index is 407. The molecule has 0 spiro atoms. The summed E-state index contributed by atoms with van der Waals surface area (Å²) in [7, 11) is 2.97. The van der Waals surface area contributed by atoms with Crippen LogP contribution in [-0.2, 0) is 25.6 Å².